The van der Waals surface area contributed by atoms with E-state index >= 15 is 0 Å². The summed E-state index contributed by atoms with van der Waals surface area (Å²) in [5.41, 5.74) is 5.91. The Morgan fingerprint density at radius 1 is 1.19 bits per heavy atom. The van der Waals surface area contributed by atoms with Gasteiger partial charge in [0.25, 0.3) is 0 Å². The van der Waals surface area contributed by atoms with Crippen molar-refractivity contribution in [3.63, 3.8) is 0 Å². The van der Waals surface area contributed by atoms with Crippen molar-refractivity contribution in [2.24, 2.45) is 10.7 Å². The van der Waals surface area contributed by atoms with Crippen molar-refractivity contribution in [1.29, 1.82) is 0 Å². The fourth-order valence-electron chi connectivity index (χ4n) is 2.54. The number of hydrogen-bond acceptors (Lipinski definition) is 3. The molecule has 0 amide bonds. The number of nitrogens with one attached hydrogen (secondary N) is 1. The van der Waals surface area contributed by atoms with Gasteiger partial charge in [-0.25, -0.2) is 0 Å². The fraction of sp³-hybridized carbons (Fsp3) is 0.938. The number of nitrogens with two attached hydrogens (primary N) is 1. The van der Waals surface area contributed by atoms with Gasteiger partial charge < -0.3 is 15.8 Å². The molecule has 3 N–H and O–H groups in total. The first-order valence-corrected chi connectivity index (χ1v) is 8.59. The molecule has 0 aromatic heterocycles. The van der Waals surface area contributed by atoms with E-state index in [4.69, 9.17) is 10.5 Å². The number of hydrogen-bond donors (Lipinski definition) is 2. The van der Waals surface area contributed by atoms with Gasteiger partial charge in [-0.3, -0.25) is 9.89 Å². The fourth-order valence-corrected chi connectivity index (χ4v) is 2.54. The zero-order valence-electron chi connectivity index (χ0n) is 13.9. The van der Waals surface area contributed by atoms with Gasteiger partial charge in [0.1, 0.15) is 0 Å². The average molecular weight is 298 g/mol. The van der Waals surface area contributed by atoms with Crippen LogP contribution in [0.4, 0.5) is 0 Å². The number of nitrogens with zero attached hydrogens (tertiary/aromatic N) is 2. The van der Waals surface area contributed by atoms with Crippen LogP contribution in [0.2, 0.25) is 0 Å². The highest BCUT2D eigenvalue weighted by molar-refractivity contribution is 5.77. The monoisotopic (exact) mass is 298 g/mol. The van der Waals surface area contributed by atoms with Gasteiger partial charge in [-0.15, -0.1) is 0 Å². The number of aliphatic imine (C=N–C) groups is 1. The van der Waals surface area contributed by atoms with Crippen LogP contribution < -0.4 is 11.1 Å². The lowest BCUT2D eigenvalue weighted by molar-refractivity contribution is 0.0220. The summed E-state index contributed by atoms with van der Waals surface area (Å²) in [5, 5.41) is 3.22. The third-order valence-corrected chi connectivity index (χ3v) is 4.03. The van der Waals surface area contributed by atoms with Gasteiger partial charge in [-0.2, -0.15) is 0 Å². The highest BCUT2D eigenvalue weighted by Crippen LogP contribution is 2.04. The third-order valence-electron chi connectivity index (χ3n) is 4.03. The summed E-state index contributed by atoms with van der Waals surface area (Å²) in [6.07, 6.45) is 7.82. The molecule has 0 saturated carbocycles. The van der Waals surface area contributed by atoms with Crippen molar-refractivity contribution in [3.8, 4) is 0 Å². The summed E-state index contributed by atoms with van der Waals surface area (Å²) in [7, 11) is 0. The molecule has 124 valence electrons. The molecule has 21 heavy (non-hydrogen) atoms. The zero-order chi connectivity index (χ0) is 15.3. The molecule has 1 atom stereocenters. The largest absolute Gasteiger partial charge is 0.379 e. The van der Waals surface area contributed by atoms with E-state index in [1.807, 2.05) is 0 Å². The van der Waals surface area contributed by atoms with Crippen molar-refractivity contribution in [3.05, 3.63) is 0 Å². The minimum atomic E-state index is 0.434. The molecular weight excluding hydrogens is 264 g/mol. The first-order valence-electron chi connectivity index (χ1n) is 8.59. The first kappa shape index (κ1) is 18.2. The number of unbranched alkanes of at least 4 members (excludes halogenated alkanes) is 5. The van der Waals surface area contributed by atoms with Gasteiger partial charge >= 0.3 is 0 Å². The Kier molecular flexibility index (Phi) is 10.3. The smallest absolute Gasteiger partial charge is 0.188 e. The van der Waals surface area contributed by atoms with Gasteiger partial charge in [-0.05, 0) is 13.3 Å². The first-order chi connectivity index (χ1) is 10.2. The number of morpholine rings is 1. The second-order valence-electron chi connectivity index (χ2n) is 5.92. The lowest BCUT2D eigenvalue weighted by Crippen LogP contribution is -2.44. The van der Waals surface area contributed by atoms with E-state index in [0.29, 0.717) is 12.0 Å². The van der Waals surface area contributed by atoms with E-state index < -0.39 is 0 Å². The quantitative estimate of drug-likeness (QED) is 0.368. The molecule has 1 heterocycles. The Labute approximate surface area is 130 Å². The number of ether oxygens (including phenoxy) is 1. The normalized spacial score (nSPS) is 18.7. The molecule has 1 saturated heterocycles. The SMILES string of the molecule is CCCCCCCCNC(N)=NCC(C)N1CCOCC1. The van der Waals surface area contributed by atoms with Crippen LogP contribution in [0.1, 0.15) is 52.4 Å². The van der Waals surface area contributed by atoms with E-state index in [1.54, 1.807) is 0 Å². The summed E-state index contributed by atoms with van der Waals surface area (Å²) in [6, 6.07) is 0.434. The van der Waals surface area contributed by atoms with E-state index in [2.05, 4.69) is 29.1 Å². The summed E-state index contributed by atoms with van der Waals surface area (Å²) >= 11 is 0. The van der Waals surface area contributed by atoms with Crippen LogP contribution in [-0.2, 0) is 4.74 Å². The minimum absolute atomic E-state index is 0.434. The molecule has 1 aliphatic rings. The predicted octanol–water partition coefficient (Wildman–Crippen LogP) is 1.97. The Morgan fingerprint density at radius 3 is 2.57 bits per heavy atom. The number of guanidine groups is 1. The Hall–Kier alpha value is -0.810. The molecule has 0 spiro atoms. The second-order valence-corrected chi connectivity index (χ2v) is 5.92. The highest BCUT2D eigenvalue weighted by Gasteiger charge is 2.16. The zero-order valence-corrected chi connectivity index (χ0v) is 13.9. The van der Waals surface area contributed by atoms with Crippen molar-refractivity contribution in [1.82, 2.24) is 10.2 Å². The van der Waals surface area contributed by atoms with Gasteiger partial charge in [0.05, 0.1) is 19.8 Å². The molecule has 5 heteroatoms. The molecule has 0 aliphatic carbocycles. The van der Waals surface area contributed by atoms with E-state index in [9.17, 15) is 0 Å². The summed E-state index contributed by atoms with van der Waals surface area (Å²) in [6.45, 7) is 9.82. The standard InChI is InChI=1S/C16H34N4O/c1-3-4-5-6-7-8-9-18-16(17)19-14-15(2)20-10-12-21-13-11-20/h15H,3-14H2,1-2H3,(H3,17,18,19). The van der Waals surface area contributed by atoms with Crippen molar-refractivity contribution in [2.75, 3.05) is 39.4 Å². The molecule has 0 aromatic carbocycles. The minimum Gasteiger partial charge on any atom is -0.379 e. The molecule has 0 bridgehead atoms. The molecule has 0 aromatic rings. The van der Waals surface area contributed by atoms with Gasteiger partial charge in [-0.1, -0.05) is 39.0 Å². The van der Waals surface area contributed by atoms with Crippen LogP contribution in [-0.4, -0.2) is 56.3 Å². The van der Waals surface area contributed by atoms with Crippen LogP contribution in [0.3, 0.4) is 0 Å². The molecule has 1 fully saturated rings. The van der Waals surface area contributed by atoms with E-state index in [1.165, 1.54) is 38.5 Å². The maximum atomic E-state index is 5.91. The van der Waals surface area contributed by atoms with Crippen molar-refractivity contribution >= 4 is 5.96 Å². The van der Waals surface area contributed by atoms with Crippen LogP contribution in [0.25, 0.3) is 0 Å². The maximum Gasteiger partial charge on any atom is 0.188 e. The Bertz CT molecular complexity index is 277. The molecule has 5 nitrogen and oxygen atoms in total. The molecule has 1 rings (SSSR count). The Morgan fingerprint density at radius 2 is 1.86 bits per heavy atom. The van der Waals surface area contributed by atoms with Crippen molar-refractivity contribution in [2.45, 2.75) is 58.4 Å². The lowest BCUT2D eigenvalue weighted by Gasteiger charge is -2.31. The Balaban J connectivity index is 2.03. The average Bonchev–Trinajstić information content (AvgIpc) is 2.52. The number of rotatable bonds is 10. The molecular formula is C16H34N4O. The predicted molar refractivity (Wildman–Crippen MR) is 89.7 cm³/mol. The van der Waals surface area contributed by atoms with Crippen LogP contribution >= 0.6 is 0 Å². The summed E-state index contributed by atoms with van der Waals surface area (Å²) < 4.78 is 5.36. The second kappa shape index (κ2) is 11.8. The van der Waals surface area contributed by atoms with Crippen LogP contribution in [0.5, 0.6) is 0 Å². The van der Waals surface area contributed by atoms with Gasteiger partial charge in [0.15, 0.2) is 5.96 Å². The molecule has 0 radical (unpaired) electrons. The van der Waals surface area contributed by atoms with Crippen molar-refractivity contribution < 1.29 is 4.74 Å². The summed E-state index contributed by atoms with van der Waals surface area (Å²) in [4.78, 5) is 6.86. The third kappa shape index (κ3) is 8.94. The molecule has 1 aliphatic heterocycles. The van der Waals surface area contributed by atoms with Gasteiger partial charge in [0, 0.05) is 25.7 Å². The summed E-state index contributed by atoms with van der Waals surface area (Å²) in [5.74, 6) is 0.587. The van der Waals surface area contributed by atoms with Crippen LogP contribution in [0.15, 0.2) is 4.99 Å². The van der Waals surface area contributed by atoms with Crippen LogP contribution in [0, 0.1) is 0 Å². The van der Waals surface area contributed by atoms with Gasteiger partial charge in [0.2, 0.25) is 0 Å². The lowest BCUT2D eigenvalue weighted by atomic mass is 10.1. The van der Waals surface area contributed by atoms with E-state index in [0.717, 1.165) is 39.4 Å². The molecule has 1 unspecified atom stereocenters. The maximum absolute atomic E-state index is 5.91. The highest BCUT2D eigenvalue weighted by atomic mass is 16.5. The topological polar surface area (TPSA) is 62.9 Å². The van der Waals surface area contributed by atoms with E-state index in [-0.39, 0.29) is 0 Å².